The van der Waals surface area contributed by atoms with Gasteiger partial charge in [0, 0.05) is 74.7 Å². The zero-order valence-electron chi connectivity index (χ0n) is 21.2. The summed E-state index contributed by atoms with van der Waals surface area (Å²) in [5, 5.41) is 5.91. The van der Waals surface area contributed by atoms with Crippen molar-refractivity contribution >= 4 is 29.1 Å². The minimum Gasteiger partial charge on any atom is -0.338 e. The zero-order valence-corrected chi connectivity index (χ0v) is 22.0. The number of nitrogens with two attached hydrogens (primary N) is 1. The van der Waals surface area contributed by atoms with E-state index in [9.17, 15) is 35.9 Å². The zero-order chi connectivity index (χ0) is 29.7. The van der Waals surface area contributed by atoms with Crippen LogP contribution in [0.3, 0.4) is 0 Å². The van der Waals surface area contributed by atoms with E-state index in [1.54, 1.807) is 0 Å². The number of halogens is 7. The first-order valence-electron chi connectivity index (χ1n) is 12.6. The normalized spacial score (nSPS) is 19.7. The molecule has 4 N–H and O–H groups in total. The highest BCUT2D eigenvalue weighted by atomic mass is 35.5. The molecule has 2 aromatic heterocycles. The van der Waals surface area contributed by atoms with Crippen LogP contribution in [0.1, 0.15) is 63.2 Å². The van der Waals surface area contributed by atoms with E-state index >= 15 is 0 Å². The van der Waals surface area contributed by atoms with Gasteiger partial charge in [0.2, 0.25) is 0 Å². The second-order valence-corrected chi connectivity index (χ2v) is 10.6. The quantitative estimate of drug-likeness (QED) is 0.341. The maximum Gasteiger partial charge on any atom is 0.435 e. The molecule has 1 aliphatic heterocycles. The Morgan fingerprint density at radius 2 is 1.88 bits per heavy atom. The van der Waals surface area contributed by atoms with Crippen LogP contribution in [0.25, 0.3) is 0 Å². The van der Waals surface area contributed by atoms with Crippen molar-refractivity contribution < 1.29 is 35.9 Å². The third-order valence-corrected chi connectivity index (χ3v) is 7.50. The number of rotatable bonds is 7. The van der Waals surface area contributed by atoms with Crippen LogP contribution in [0.15, 0.2) is 30.6 Å². The molecule has 220 valence electrons. The second kappa shape index (κ2) is 10.4. The molecule has 0 bridgehead atoms. The number of alkyl halides is 6. The third kappa shape index (κ3) is 6.05. The molecule has 3 aromatic rings. The molecule has 1 atom stereocenters. The summed E-state index contributed by atoms with van der Waals surface area (Å²) in [6.07, 6.45) is -3.54. The van der Waals surface area contributed by atoms with Gasteiger partial charge in [-0.15, -0.1) is 0 Å². The van der Waals surface area contributed by atoms with Gasteiger partial charge in [0.05, 0.1) is 10.6 Å². The summed E-state index contributed by atoms with van der Waals surface area (Å²) in [7, 11) is 0. The van der Waals surface area contributed by atoms with E-state index < -0.39 is 47.7 Å². The molecule has 2 fully saturated rings. The minimum atomic E-state index is -4.87. The summed E-state index contributed by atoms with van der Waals surface area (Å²) >= 11 is 6.29. The molecule has 16 heteroatoms. The van der Waals surface area contributed by atoms with Gasteiger partial charge in [-0.2, -0.15) is 18.3 Å². The Labute approximate surface area is 234 Å². The van der Waals surface area contributed by atoms with Crippen molar-refractivity contribution in [1.82, 2.24) is 24.6 Å². The van der Waals surface area contributed by atoms with Gasteiger partial charge < -0.3 is 20.9 Å². The fourth-order valence-electron chi connectivity index (χ4n) is 4.65. The Morgan fingerprint density at radius 1 is 1.20 bits per heavy atom. The Balaban J connectivity index is 1.24. The summed E-state index contributed by atoms with van der Waals surface area (Å²) in [5.74, 6) is -4.48. The number of imidazole rings is 1. The van der Waals surface area contributed by atoms with Gasteiger partial charge in [-0.25, -0.2) is 18.2 Å². The van der Waals surface area contributed by atoms with Crippen molar-refractivity contribution in [2.24, 2.45) is 5.73 Å². The van der Waals surface area contributed by atoms with Crippen LogP contribution >= 0.6 is 11.6 Å². The highest BCUT2D eigenvalue weighted by Gasteiger charge is 2.59. The lowest BCUT2D eigenvalue weighted by Gasteiger charge is -2.35. The molecule has 0 radical (unpaired) electrons. The minimum absolute atomic E-state index is 0.0433. The summed E-state index contributed by atoms with van der Waals surface area (Å²) in [6, 6.07) is 2.76. The van der Waals surface area contributed by atoms with E-state index in [4.69, 9.17) is 17.3 Å². The summed E-state index contributed by atoms with van der Waals surface area (Å²) in [5.41, 5.74) is 2.81. The Morgan fingerprint density at radius 3 is 2.46 bits per heavy atom. The molecular formula is C25H24ClF6N7O2. The number of benzene rings is 1. The predicted molar refractivity (Wildman–Crippen MR) is 135 cm³/mol. The number of amides is 2. The molecule has 5 rings (SSSR count). The molecule has 41 heavy (non-hydrogen) atoms. The van der Waals surface area contributed by atoms with Crippen molar-refractivity contribution in [3.63, 3.8) is 0 Å². The molecular weight excluding hydrogens is 580 g/mol. The van der Waals surface area contributed by atoms with Crippen LogP contribution in [-0.2, 0) is 12.6 Å². The van der Waals surface area contributed by atoms with Gasteiger partial charge in [0.1, 0.15) is 11.7 Å². The van der Waals surface area contributed by atoms with Crippen LogP contribution in [0.2, 0.25) is 5.02 Å². The number of carbonyl (C=O) groups is 2. The molecule has 1 aliphatic carbocycles. The van der Waals surface area contributed by atoms with Crippen LogP contribution < -0.4 is 11.1 Å². The number of nitrogens with one attached hydrogen (secondary N) is 2. The van der Waals surface area contributed by atoms with E-state index in [1.807, 2.05) is 0 Å². The first-order chi connectivity index (χ1) is 19.2. The van der Waals surface area contributed by atoms with E-state index in [0.717, 1.165) is 12.4 Å². The molecule has 1 saturated carbocycles. The predicted octanol–water partition coefficient (Wildman–Crippen LogP) is 4.60. The van der Waals surface area contributed by atoms with Crippen LogP contribution in [-0.4, -0.2) is 67.7 Å². The van der Waals surface area contributed by atoms with E-state index in [0.29, 0.717) is 4.68 Å². The van der Waals surface area contributed by atoms with E-state index in [-0.39, 0.29) is 72.3 Å². The Kier molecular flexibility index (Phi) is 7.30. The van der Waals surface area contributed by atoms with Gasteiger partial charge in [0.25, 0.3) is 17.7 Å². The molecule has 9 nitrogen and oxygen atoms in total. The van der Waals surface area contributed by atoms with Crippen molar-refractivity contribution in [3.8, 4) is 0 Å². The highest BCUT2D eigenvalue weighted by Crippen LogP contribution is 2.52. The van der Waals surface area contributed by atoms with Gasteiger partial charge in [0.15, 0.2) is 11.5 Å². The number of aromatic amines is 1. The van der Waals surface area contributed by atoms with E-state index in [1.165, 1.54) is 23.1 Å². The van der Waals surface area contributed by atoms with Gasteiger partial charge in [-0.05, 0) is 18.2 Å². The number of nitrogens with zero attached hydrogens (tertiary/aromatic N) is 4. The maximum atomic E-state index is 14.4. The highest BCUT2D eigenvalue weighted by molar-refractivity contribution is 6.34. The van der Waals surface area contributed by atoms with Crippen molar-refractivity contribution in [3.05, 3.63) is 64.0 Å². The Bertz CT molecular complexity index is 1480. The van der Waals surface area contributed by atoms with Crippen molar-refractivity contribution in [2.45, 2.75) is 49.5 Å². The molecule has 0 unspecified atom stereocenters. The average Bonchev–Trinajstić information content (AvgIpc) is 3.25. The lowest BCUT2D eigenvalue weighted by molar-refractivity contribution is -0.142. The monoisotopic (exact) mass is 603 g/mol. The van der Waals surface area contributed by atoms with Gasteiger partial charge in [-0.3, -0.25) is 14.3 Å². The topological polar surface area (TPSA) is 122 Å². The Hall–Kier alpha value is -3.59. The average molecular weight is 604 g/mol. The molecule has 2 aliphatic rings. The van der Waals surface area contributed by atoms with Crippen LogP contribution in [0.5, 0.6) is 0 Å². The standard InChI is InChI=1S/C25H24ClF6N7O2/c26-17-8-14(1-2-16(17)22(41)38-5-3-23(27,12-33)4-6-38)36-21(40)20-34-10-15(35-20)7-13-11-39(18-9-24(18,28)29)37-19(13)25(30,31)32/h1-2,8,10-11,18H,3-7,9,12,33H2,(H,34,35)(H,36,40)/t18-/m0/s1. The van der Waals surface area contributed by atoms with Crippen LogP contribution in [0.4, 0.5) is 32.0 Å². The number of hydrogen-bond donors (Lipinski definition) is 3. The molecule has 1 aromatic carbocycles. The number of likely N-dealkylation sites (tertiary alicyclic amines) is 1. The number of aromatic nitrogens is 4. The second-order valence-electron chi connectivity index (χ2n) is 10.2. The largest absolute Gasteiger partial charge is 0.435 e. The number of carbonyl (C=O) groups excluding carboxylic acids is 2. The summed E-state index contributed by atoms with van der Waals surface area (Å²) < 4.78 is 82.2. The fourth-order valence-corrected chi connectivity index (χ4v) is 4.92. The van der Waals surface area contributed by atoms with Gasteiger partial charge in [-0.1, -0.05) is 11.6 Å². The number of hydrogen-bond acceptors (Lipinski definition) is 5. The smallest absolute Gasteiger partial charge is 0.338 e. The summed E-state index contributed by atoms with van der Waals surface area (Å²) in [6.45, 7) is 0.240. The molecule has 1 saturated heterocycles. The van der Waals surface area contributed by atoms with E-state index in [2.05, 4.69) is 20.4 Å². The first-order valence-corrected chi connectivity index (χ1v) is 12.9. The van der Waals surface area contributed by atoms with Gasteiger partial charge >= 0.3 is 6.18 Å². The fraction of sp³-hybridized carbons (Fsp3) is 0.440. The number of piperidine rings is 1. The molecule has 0 spiro atoms. The first kappa shape index (κ1) is 28.9. The van der Waals surface area contributed by atoms with Crippen molar-refractivity contribution in [1.29, 1.82) is 0 Å². The van der Waals surface area contributed by atoms with Crippen molar-refractivity contribution in [2.75, 3.05) is 25.0 Å². The third-order valence-electron chi connectivity index (χ3n) is 7.18. The van der Waals surface area contributed by atoms with Crippen LogP contribution in [0, 0.1) is 0 Å². The lowest BCUT2D eigenvalue weighted by Crippen LogP contribution is -2.47. The lowest BCUT2D eigenvalue weighted by atomic mass is 9.93. The SMILES string of the molecule is NCC1(F)CCN(C(=O)c2ccc(NC(=O)c3ncc(Cc4cn([C@H]5CC5(F)F)nc4C(F)(F)F)[nH]3)cc2Cl)CC1. The maximum absolute atomic E-state index is 14.4. The molecule has 2 amide bonds. The number of H-pyrrole nitrogens is 1. The molecule has 3 heterocycles. The summed E-state index contributed by atoms with van der Waals surface area (Å²) in [4.78, 5) is 33.5. The number of anilines is 1.